The first-order chi connectivity index (χ1) is 16.4. The summed E-state index contributed by atoms with van der Waals surface area (Å²) >= 11 is 6.35. The molecule has 3 heterocycles. The molecule has 34 heavy (non-hydrogen) atoms. The summed E-state index contributed by atoms with van der Waals surface area (Å²) in [6, 6.07) is 11.8. The fraction of sp³-hybridized carbons (Fsp3) is 0.346. The van der Waals surface area contributed by atoms with E-state index in [4.69, 9.17) is 22.0 Å². The predicted octanol–water partition coefficient (Wildman–Crippen LogP) is 5.37. The monoisotopic (exact) mass is 471 g/mol. The second-order valence-corrected chi connectivity index (χ2v) is 9.38. The zero-order valence-electron chi connectivity index (χ0n) is 19.6. The Labute approximate surface area is 204 Å². The molecule has 0 radical (unpaired) electrons. The van der Waals surface area contributed by atoms with Crippen molar-refractivity contribution in [3.05, 3.63) is 75.6 Å². The quantitative estimate of drug-likeness (QED) is 0.362. The number of hydrogen-bond acceptors (Lipinski definition) is 5. The molecule has 1 aliphatic carbocycles. The number of rotatable bonds is 7. The summed E-state index contributed by atoms with van der Waals surface area (Å²) in [6.07, 6.45) is 6.00. The second kappa shape index (κ2) is 9.03. The molecule has 1 fully saturated rings. The Bertz CT molecular complexity index is 1390. The summed E-state index contributed by atoms with van der Waals surface area (Å²) < 4.78 is 3.91. The summed E-state index contributed by atoms with van der Waals surface area (Å²) in [5, 5.41) is 19.3. The van der Waals surface area contributed by atoms with Crippen molar-refractivity contribution >= 4 is 11.6 Å². The van der Waals surface area contributed by atoms with Gasteiger partial charge in [0.05, 0.1) is 39.4 Å². The van der Waals surface area contributed by atoms with Crippen LogP contribution in [0, 0.1) is 38.0 Å². The molecular weight excluding hydrogens is 446 g/mol. The zero-order chi connectivity index (χ0) is 23.8. The Balaban J connectivity index is 1.50. The maximum absolute atomic E-state index is 9.14. The highest BCUT2D eigenvalue weighted by Gasteiger charge is 2.23. The van der Waals surface area contributed by atoms with Crippen molar-refractivity contribution in [1.29, 1.82) is 5.26 Å². The van der Waals surface area contributed by atoms with Crippen molar-refractivity contribution in [3.8, 4) is 23.1 Å². The molecule has 1 aromatic carbocycles. The maximum atomic E-state index is 9.14. The van der Waals surface area contributed by atoms with Gasteiger partial charge < -0.3 is 0 Å². The minimum atomic E-state index is 0.641. The van der Waals surface area contributed by atoms with Crippen LogP contribution in [0.15, 0.2) is 36.7 Å². The smallest absolute Gasteiger partial charge is 0.157 e. The maximum Gasteiger partial charge on any atom is 0.157 e. The van der Waals surface area contributed by atoms with Crippen LogP contribution in [-0.4, -0.2) is 29.5 Å². The molecule has 0 atom stereocenters. The molecule has 0 N–H and O–H groups in total. The van der Waals surface area contributed by atoms with Crippen LogP contribution in [0.4, 0.5) is 0 Å². The van der Waals surface area contributed by atoms with E-state index in [0.717, 1.165) is 58.5 Å². The van der Waals surface area contributed by atoms with E-state index in [1.165, 1.54) is 12.8 Å². The summed E-state index contributed by atoms with van der Waals surface area (Å²) in [5.74, 6) is 1.52. The van der Waals surface area contributed by atoms with E-state index < -0.39 is 0 Å². The summed E-state index contributed by atoms with van der Waals surface area (Å²) in [6.45, 7) is 6.83. The molecule has 1 saturated carbocycles. The van der Waals surface area contributed by atoms with Gasteiger partial charge in [0.2, 0.25) is 0 Å². The van der Waals surface area contributed by atoms with Crippen LogP contribution in [0.3, 0.4) is 0 Å². The van der Waals surface area contributed by atoms with Gasteiger partial charge in [-0.1, -0.05) is 36.6 Å². The van der Waals surface area contributed by atoms with Gasteiger partial charge in [-0.15, -0.1) is 0 Å². The summed E-state index contributed by atoms with van der Waals surface area (Å²) in [5.41, 5.74) is 7.44. The molecule has 1 aliphatic rings. The van der Waals surface area contributed by atoms with Crippen molar-refractivity contribution < 1.29 is 0 Å². The molecule has 5 rings (SSSR count). The first kappa shape index (κ1) is 22.3. The Kier molecular flexibility index (Phi) is 5.93. The van der Waals surface area contributed by atoms with Gasteiger partial charge in [0.1, 0.15) is 6.33 Å². The van der Waals surface area contributed by atoms with Crippen LogP contribution in [0.1, 0.15) is 53.2 Å². The van der Waals surface area contributed by atoms with Crippen molar-refractivity contribution in [2.24, 2.45) is 5.92 Å². The van der Waals surface area contributed by atoms with Gasteiger partial charge in [-0.2, -0.15) is 15.5 Å². The van der Waals surface area contributed by atoms with E-state index in [1.54, 1.807) is 11.0 Å². The number of aryl methyl sites for hydroxylation is 2. The van der Waals surface area contributed by atoms with E-state index in [9.17, 15) is 0 Å². The lowest BCUT2D eigenvalue weighted by Gasteiger charge is -2.09. The highest BCUT2D eigenvalue weighted by atomic mass is 35.5. The molecule has 3 aromatic heterocycles. The SMILES string of the molecule is Cc1nn(-c2cc(Cc3c(C)c(-c4ccc(C#N)cc4)nn3CCC3CC3)ncn2)c(C)c1Cl. The van der Waals surface area contributed by atoms with Crippen molar-refractivity contribution in [1.82, 2.24) is 29.5 Å². The van der Waals surface area contributed by atoms with Crippen molar-refractivity contribution in [2.45, 2.75) is 53.0 Å². The first-order valence-electron chi connectivity index (χ1n) is 11.5. The number of aromatic nitrogens is 6. The predicted molar refractivity (Wildman–Crippen MR) is 131 cm³/mol. The van der Waals surface area contributed by atoms with Crippen LogP contribution in [0.5, 0.6) is 0 Å². The normalized spacial score (nSPS) is 13.3. The minimum Gasteiger partial charge on any atom is -0.268 e. The molecule has 7 nitrogen and oxygen atoms in total. The molecule has 0 saturated heterocycles. The van der Waals surface area contributed by atoms with Crippen LogP contribution >= 0.6 is 11.6 Å². The van der Waals surface area contributed by atoms with E-state index in [2.05, 4.69) is 32.7 Å². The van der Waals surface area contributed by atoms with E-state index in [0.29, 0.717) is 22.8 Å². The molecule has 0 spiro atoms. The molecule has 8 heteroatoms. The van der Waals surface area contributed by atoms with Crippen LogP contribution in [0.2, 0.25) is 5.02 Å². The molecular formula is C26H26ClN7. The third-order valence-corrected chi connectivity index (χ3v) is 7.08. The number of hydrogen-bond donors (Lipinski definition) is 0. The minimum absolute atomic E-state index is 0.641. The van der Waals surface area contributed by atoms with Gasteiger partial charge >= 0.3 is 0 Å². The van der Waals surface area contributed by atoms with Crippen LogP contribution < -0.4 is 0 Å². The molecule has 172 valence electrons. The van der Waals surface area contributed by atoms with Gasteiger partial charge in [-0.05, 0) is 50.8 Å². The number of nitriles is 1. The Morgan fingerprint density at radius 1 is 1.09 bits per heavy atom. The standard InChI is InChI=1S/C26H26ClN7/c1-16-23(12-22-13-24(30-15-29-22)34-18(3)25(27)17(2)31-34)33(11-10-19-4-5-19)32-26(16)21-8-6-20(14-28)7-9-21/h6-9,13,15,19H,4-5,10-12H2,1-3H3. The molecule has 0 unspecified atom stereocenters. The largest absolute Gasteiger partial charge is 0.268 e. The lowest BCUT2D eigenvalue weighted by Crippen LogP contribution is -2.09. The molecule has 4 aromatic rings. The van der Waals surface area contributed by atoms with E-state index >= 15 is 0 Å². The summed E-state index contributed by atoms with van der Waals surface area (Å²) in [7, 11) is 0. The van der Waals surface area contributed by atoms with Gasteiger partial charge in [-0.3, -0.25) is 4.68 Å². The lowest BCUT2D eigenvalue weighted by atomic mass is 10.0. The molecule has 0 aliphatic heterocycles. The highest BCUT2D eigenvalue weighted by molar-refractivity contribution is 6.31. The van der Waals surface area contributed by atoms with Gasteiger partial charge in [0, 0.05) is 30.3 Å². The van der Waals surface area contributed by atoms with Gasteiger partial charge in [0.25, 0.3) is 0 Å². The Hall–Kier alpha value is -3.50. The topological polar surface area (TPSA) is 85.2 Å². The molecule has 0 amide bonds. The first-order valence-corrected chi connectivity index (χ1v) is 11.9. The average molecular weight is 472 g/mol. The van der Waals surface area contributed by atoms with Crippen LogP contribution in [0.25, 0.3) is 17.1 Å². The van der Waals surface area contributed by atoms with Crippen molar-refractivity contribution in [2.75, 3.05) is 0 Å². The third kappa shape index (κ3) is 4.34. The van der Waals surface area contributed by atoms with E-state index in [-0.39, 0.29) is 0 Å². The van der Waals surface area contributed by atoms with E-state index in [1.807, 2.05) is 44.2 Å². The third-order valence-electron chi connectivity index (χ3n) is 6.53. The number of benzene rings is 1. The highest BCUT2D eigenvalue weighted by Crippen LogP contribution is 2.34. The van der Waals surface area contributed by atoms with Gasteiger partial charge in [0.15, 0.2) is 5.82 Å². The van der Waals surface area contributed by atoms with Gasteiger partial charge in [-0.25, -0.2) is 14.6 Å². The fourth-order valence-corrected chi connectivity index (χ4v) is 4.42. The summed E-state index contributed by atoms with van der Waals surface area (Å²) in [4.78, 5) is 8.98. The Morgan fingerprint density at radius 2 is 1.85 bits per heavy atom. The molecule has 0 bridgehead atoms. The second-order valence-electron chi connectivity index (χ2n) is 9.01. The zero-order valence-corrected chi connectivity index (χ0v) is 20.3. The number of halogens is 1. The van der Waals surface area contributed by atoms with Crippen molar-refractivity contribution in [3.63, 3.8) is 0 Å². The Morgan fingerprint density at radius 3 is 2.50 bits per heavy atom. The number of nitrogens with zero attached hydrogens (tertiary/aromatic N) is 7. The van der Waals surface area contributed by atoms with Crippen LogP contribution in [-0.2, 0) is 13.0 Å². The fourth-order valence-electron chi connectivity index (χ4n) is 4.30. The average Bonchev–Trinajstić information content (AvgIpc) is 3.59. The lowest BCUT2D eigenvalue weighted by molar-refractivity contribution is 0.531.